The minimum absolute atomic E-state index is 0.523. The smallest absolute Gasteiger partial charge is 0.143 e. The molecule has 0 aliphatic heterocycles. The molecular weight excluding hydrogens is 294 g/mol. The van der Waals surface area contributed by atoms with Gasteiger partial charge < -0.3 is 10.1 Å². The second-order valence-electron chi connectivity index (χ2n) is 3.51. The number of benzene rings is 1. The molecule has 0 atom stereocenters. The average Bonchev–Trinajstić information content (AvgIpc) is 2.39. The molecule has 90 valence electrons. The number of aromatic nitrogens is 1. The van der Waals surface area contributed by atoms with E-state index in [4.69, 9.17) is 10.00 Å². The number of rotatable bonds is 3. The number of hydrogen-bond donors (Lipinski definition) is 1. The zero-order valence-electron chi connectivity index (χ0n) is 9.64. The highest BCUT2D eigenvalue weighted by Crippen LogP contribution is 2.31. The van der Waals surface area contributed by atoms with E-state index in [1.807, 2.05) is 6.07 Å². The molecular formula is C13H10BrN3O. The quantitative estimate of drug-likeness (QED) is 0.943. The predicted molar refractivity (Wildman–Crippen MR) is 72.9 cm³/mol. The first kappa shape index (κ1) is 12.4. The fourth-order valence-corrected chi connectivity index (χ4v) is 1.91. The number of methoxy groups -OCH3 is 1. The number of hydrogen-bond acceptors (Lipinski definition) is 4. The fourth-order valence-electron chi connectivity index (χ4n) is 1.55. The first-order valence-electron chi connectivity index (χ1n) is 5.19. The molecule has 0 saturated heterocycles. The lowest BCUT2D eigenvalue weighted by Crippen LogP contribution is -1.98. The van der Waals surface area contributed by atoms with Gasteiger partial charge in [-0.1, -0.05) is 6.07 Å². The highest BCUT2D eigenvalue weighted by molar-refractivity contribution is 9.10. The van der Waals surface area contributed by atoms with Crippen molar-refractivity contribution in [3.63, 3.8) is 0 Å². The van der Waals surface area contributed by atoms with Crippen molar-refractivity contribution in [3.8, 4) is 11.8 Å². The second kappa shape index (κ2) is 5.52. The third-order valence-electron chi connectivity index (χ3n) is 2.34. The van der Waals surface area contributed by atoms with Crippen LogP contribution in [-0.4, -0.2) is 12.1 Å². The van der Waals surface area contributed by atoms with Gasteiger partial charge in [-0.3, -0.25) is 4.98 Å². The number of nitrogens with one attached hydrogen (secondary N) is 1. The molecule has 1 N–H and O–H groups in total. The highest BCUT2D eigenvalue weighted by atomic mass is 79.9. The van der Waals surface area contributed by atoms with Gasteiger partial charge in [0.05, 0.1) is 30.2 Å². The number of nitrogens with zero attached hydrogens (tertiary/aromatic N) is 2. The molecule has 0 bridgehead atoms. The van der Waals surface area contributed by atoms with Crippen molar-refractivity contribution < 1.29 is 4.74 Å². The maximum atomic E-state index is 9.10. The van der Waals surface area contributed by atoms with Gasteiger partial charge in [0.2, 0.25) is 0 Å². The van der Waals surface area contributed by atoms with Crippen molar-refractivity contribution in [3.05, 3.63) is 46.7 Å². The van der Waals surface area contributed by atoms with E-state index in [1.54, 1.807) is 37.7 Å². The van der Waals surface area contributed by atoms with Crippen molar-refractivity contribution in [2.75, 3.05) is 12.4 Å². The van der Waals surface area contributed by atoms with Crippen molar-refractivity contribution >= 4 is 27.3 Å². The Morgan fingerprint density at radius 3 is 2.89 bits per heavy atom. The molecule has 0 unspecified atom stereocenters. The van der Waals surface area contributed by atoms with E-state index in [2.05, 4.69) is 32.3 Å². The normalized spacial score (nSPS) is 9.61. The summed E-state index contributed by atoms with van der Waals surface area (Å²) in [6.07, 6.45) is 3.37. The van der Waals surface area contributed by atoms with E-state index >= 15 is 0 Å². The van der Waals surface area contributed by atoms with Crippen LogP contribution in [-0.2, 0) is 0 Å². The molecule has 0 fully saturated rings. The van der Waals surface area contributed by atoms with E-state index in [9.17, 15) is 0 Å². The molecule has 1 heterocycles. The zero-order valence-corrected chi connectivity index (χ0v) is 11.2. The van der Waals surface area contributed by atoms with Crippen LogP contribution in [0.15, 0.2) is 41.1 Å². The van der Waals surface area contributed by atoms with E-state index in [1.165, 1.54) is 0 Å². The topological polar surface area (TPSA) is 57.9 Å². The van der Waals surface area contributed by atoms with Gasteiger partial charge in [-0.25, -0.2) is 0 Å². The van der Waals surface area contributed by atoms with Crippen molar-refractivity contribution in [2.24, 2.45) is 0 Å². The van der Waals surface area contributed by atoms with E-state index in [-0.39, 0.29) is 0 Å². The van der Waals surface area contributed by atoms with Crippen LogP contribution in [0.2, 0.25) is 0 Å². The lowest BCUT2D eigenvalue weighted by atomic mass is 10.1. The number of anilines is 2. The van der Waals surface area contributed by atoms with Crippen LogP contribution < -0.4 is 10.1 Å². The van der Waals surface area contributed by atoms with E-state index < -0.39 is 0 Å². The predicted octanol–water partition coefficient (Wildman–Crippen LogP) is 3.47. The second-order valence-corrected chi connectivity index (χ2v) is 4.43. The summed E-state index contributed by atoms with van der Waals surface area (Å²) in [5.74, 6) is 0.619. The molecule has 0 aliphatic rings. The molecule has 2 rings (SSSR count). The van der Waals surface area contributed by atoms with Gasteiger partial charge in [0.1, 0.15) is 11.8 Å². The molecule has 5 heteroatoms. The Morgan fingerprint density at radius 2 is 2.22 bits per heavy atom. The Hall–Kier alpha value is -2.06. The van der Waals surface area contributed by atoms with Crippen LogP contribution in [0.4, 0.5) is 11.4 Å². The molecule has 0 spiro atoms. The minimum atomic E-state index is 0.523. The lowest BCUT2D eigenvalue weighted by molar-refractivity contribution is 0.416. The van der Waals surface area contributed by atoms with Gasteiger partial charge in [0.15, 0.2) is 0 Å². The first-order valence-corrected chi connectivity index (χ1v) is 5.98. The fraction of sp³-hybridized carbons (Fsp3) is 0.0769. The standard InChI is InChI=1S/C13H10BrN3O/c1-18-12-4-2-3-9(6-15)13(12)17-11-5-10(14)7-16-8-11/h2-5,7-8,17H,1H3. The monoisotopic (exact) mass is 303 g/mol. The Bertz CT molecular complexity index is 607. The summed E-state index contributed by atoms with van der Waals surface area (Å²) < 4.78 is 6.11. The van der Waals surface area contributed by atoms with Gasteiger partial charge in [0.25, 0.3) is 0 Å². The Balaban J connectivity index is 2.42. The molecule has 2 aromatic rings. The van der Waals surface area contributed by atoms with Crippen LogP contribution in [0.1, 0.15) is 5.56 Å². The maximum Gasteiger partial charge on any atom is 0.143 e. The minimum Gasteiger partial charge on any atom is -0.495 e. The summed E-state index contributed by atoms with van der Waals surface area (Å²) in [5, 5.41) is 12.2. The van der Waals surface area contributed by atoms with Crippen molar-refractivity contribution in [1.29, 1.82) is 5.26 Å². The number of para-hydroxylation sites is 1. The Labute approximate surface area is 113 Å². The van der Waals surface area contributed by atoms with Gasteiger partial charge in [0, 0.05) is 10.7 Å². The van der Waals surface area contributed by atoms with Gasteiger partial charge in [-0.2, -0.15) is 5.26 Å². The summed E-state index contributed by atoms with van der Waals surface area (Å²) >= 11 is 3.35. The molecule has 0 saturated carbocycles. The summed E-state index contributed by atoms with van der Waals surface area (Å²) in [4.78, 5) is 4.06. The summed E-state index contributed by atoms with van der Waals surface area (Å²) in [6, 6.07) is 9.32. The number of ether oxygens (including phenoxy) is 1. The molecule has 4 nitrogen and oxygen atoms in total. The van der Waals surface area contributed by atoms with Gasteiger partial charge in [-0.05, 0) is 34.1 Å². The van der Waals surface area contributed by atoms with Gasteiger partial charge >= 0.3 is 0 Å². The Morgan fingerprint density at radius 1 is 1.39 bits per heavy atom. The molecule has 18 heavy (non-hydrogen) atoms. The SMILES string of the molecule is COc1cccc(C#N)c1Nc1cncc(Br)c1. The first-order chi connectivity index (χ1) is 8.74. The Kier molecular flexibility index (Phi) is 3.80. The third kappa shape index (κ3) is 2.60. The van der Waals surface area contributed by atoms with E-state index in [0.29, 0.717) is 17.0 Å². The lowest BCUT2D eigenvalue weighted by Gasteiger charge is -2.12. The maximum absolute atomic E-state index is 9.10. The van der Waals surface area contributed by atoms with Gasteiger partial charge in [-0.15, -0.1) is 0 Å². The van der Waals surface area contributed by atoms with Crippen LogP contribution in [0.3, 0.4) is 0 Å². The molecule has 0 amide bonds. The summed E-state index contributed by atoms with van der Waals surface area (Å²) in [7, 11) is 1.57. The van der Waals surface area contributed by atoms with Crippen LogP contribution in [0.5, 0.6) is 5.75 Å². The third-order valence-corrected chi connectivity index (χ3v) is 2.77. The van der Waals surface area contributed by atoms with Crippen molar-refractivity contribution in [1.82, 2.24) is 4.98 Å². The van der Waals surface area contributed by atoms with Crippen molar-refractivity contribution in [2.45, 2.75) is 0 Å². The zero-order chi connectivity index (χ0) is 13.0. The number of nitriles is 1. The molecule has 1 aromatic carbocycles. The highest BCUT2D eigenvalue weighted by Gasteiger charge is 2.09. The average molecular weight is 304 g/mol. The number of pyridine rings is 1. The molecule has 0 aliphatic carbocycles. The molecule has 1 aromatic heterocycles. The molecule has 0 radical (unpaired) electrons. The summed E-state index contributed by atoms with van der Waals surface area (Å²) in [6.45, 7) is 0. The number of halogens is 1. The largest absolute Gasteiger partial charge is 0.495 e. The van der Waals surface area contributed by atoms with Crippen LogP contribution in [0, 0.1) is 11.3 Å². The van der Waals surface area contributed by atoms with Crippen LogP contribution in [0.25, 0.3) is 0 Å². The van der Waals surface area contributed by atoms with E-state index in [0.717, 1.165) is 10.2 Å². The van der Waals surface area contributed by atoms with Crippen LogP contribution >= 0.6 is 15.9 Å². The summed E-state index contributed by atoms with van der Waals surface area (Å²) in [5.41, 5.74) is 1.95.